The molecule has 25 heavy (non-hydrogen) atoms. The van der Waals surface area contributed by atoms with Crippen molar-refractivity contribution >= 4 is 24.2 Å². The van der Waals surface area contributed by atoms with E-state index >= 15 is 0 Å². The molecule has 2 unspecified atom stereocenters. The molecule has 0 heterocycles. The summed E-state index contributed by atoms with van der Waals surface area (Å²) >= 11 is 0. The maximum absolute atomic E-state index is 12.3. The molecular weight excluding hydrogens is 326 g/mol. The number of methoxy groups -OCH3 is 1. The lowest BCUT2D eigenvalue weighted by Crippen LogP contribution is -2.54. The fourth-order valence-electron chi connectivity index (χ4n) is 2.25. The smallest absolute Gasteiger partial charge is 0.407 e. The highest BCUT2D eigenvalue weighted by Gasteiger charge is 2.26. The van der Waals surface area contributed by atoms with E-state index in [0.29, 0.717) is 19.1 Å². The Morgan fingerprint density at radius 3 is 1.88 bits per heavy atom. The van der Waals surface area contributed by atoms with Gasteiger partial charge < -0.3 is 25.5 Å². The molecule has 0 aliphatic heterocycles. The van der Waals surface area contributed by atoms with Gasteiger partial charge in [0.1, 0.15) is 18.4 Å². The first-order valence-electron chi connectivity index (χ1n) is 8.51. The molecule has 8 heteroatoms. The van der Waals surface area contributed by atoms with E-state index in [9.17, 15) is 19.2 Å². The number of rotatable bonds is 10. The molecule has 0 bridgehead atoms. The van der Waals surface area contributed by atoms with Crippen LogP contribution in [0.3, 0.4) is 0 Å². The lowest BCUT2D eigenvalue weighted by molar-refractivity contribution is -0.130. The summed E-state index contributed by atoms with van der Waals surface area (Å²) in [7, 11) is 1.21. The van der Waals surface area contributed by atoms with Crippen LogP contribution in [0, 0.1) is 11.8 Å². The molecule has 0 fully saturated rings. The maximum atomic E-state index is 12.3. The van der Waals surface area contributed by atoms with Crippen molar-refractivity contribution in [2.75, 3.05) is 7.11 Å². The number of carbonyl (C=O) groups is 4. The van der Waals surface area contributed by atoms with E-state index in [1.807, 2.05) is 27.7 Å². The number of alkyl carbamates (subject to hydrolysis) is 1. The van der Waals surface area contributed by atoms with Crippen molar-refractivity contribution in [1.29, 1.82) is 0 Å². The SMILES string of the molecule is COC(=O)NC(CC(C)C)C(=O)NC(C)C(=O)N[C@H](C=O)CC(C)C. The van der Waals surface area contributed by atoms with E-state index in [-0.39, 0.29) is 11.8 Å². The highest BCUT2D eigenvalue weighted by Crippen LogP contribution is 2.06. The molecule has 0 saturated heterocycles. The Morgan fingerprint density at radius 2 is 1.44 bits per heavy atom. The van der Waals surface area contributed by atoms with Crippen molar-refractivity contribution in [1.82, 2.24) is 16.0 Å². The van der Waals surface area contributed by atoms with Crippen molar-refractivity contribution in [2.45, 2.75) is 65.6 Å². The molecular formula is C17H31N3O5. The quantitative estimate of drug-likeness (QED) is 0.505. The Kier molecular flexibility index (Phi) is 10.5. The second-order valence-electron chi connectivity index (χ2n) is 6.93. The van der Waals surface area contributed by atoms with Crippen LogP contribution in [0.15, 0.2) is 0 Å². The number of aldehydes is 1. The second-order valence-corrected chi connectivity index (χ2v) is 6.93. The third kappa shape index (κ3) is 9.69. The Labute approximate surface area is 149 Å². The molecule has 0 aromatic rings. The van der Waals surface area contributed by atoms with Crippen molar-refractivity contribution < 1.29 is 23.9 Å². The largest absolute Gasteiger partial charge is 0.453 e. The van der Waals surface area contributed by atoms with Gasteiger partial charge in [-0.1, -0.05) is 27.7 Å². The van der Waals surface area contributed by atoms with Crippen LogP contribution >= 0.6 is 0 Å². The third-order valence-electron chi connectivity index (χ3n) is 3.47. The topological polar surface area (TPSA) is 114 Å². The molecule has 0 saturated carbocycles. The van der Waals surface area contributed by atoms with Gasteiger partial charge in [-0.2, -0.15) is 0 Å². The van der Waals surface area contributed by atoms with Crippen LogP contribution in [0.5, 0.6) is 0 Å². The fourth-order valence-corrected chi connectivity index (χ4v) is 2.25. The van der Waals surface area contributed by atoms with E-state index in [4.69, 9.17) is 0 Å². The normalized spacial score (nSPS) is 14.4. The fraction of sp³-hybridized carbons (Fsp3) is 0.765. The molecule has 3 N–H and O–H groups in total. The molecule has 0 rings (SSSR count). The molecule has 8 nitrogen and oxygen atoms in total. The number of amides is 3. The van der Waals surface area contributed by atoms with Gasteiger partial charge in [0.15, 0.2) is 0 Å². The molecule has 0 spiro atoms. The van der Waals surface area contributed by atoms with E-state index in [2.05, 4.69) is 20.7 Å². The van der Waals surface area contributed by atoms with Gasteiger partial charge in [-0.15, -0.1) is 0 Å². The minimum atomic E-state index is -0.837. The van der Waals surface area contributed by atoms with Crippen LogP contribution in [0.1, 0.15) is 47.5 Å². The monoisotopic (exact) mass is 357 g/mol. The zero-order chi connectivity index (χ0) is 19.6. The minimum Gasteiger partial charge on any atom is -0.453 e. The summed E-state index contributed by atoms with van der Waals surface area (Å²) in [6.07, 6.45) is 0.901. The predicted molar refractivity (Wildman–Crippen MR) is 93.8 cm³/mol. The van der Waals surface area contributed by atoms with Gasteiger partial charge >= 0.3 is 6.09 Å². The summed E-state index contributed by atoms with van der Waals surface area (Å²) in [6.45, 7) is 9.24. The Morgan fingerprint density at radius 1 is 0.880 bits per heavy atom. The highest BCUT2D eigenvalue weighted by atomic mass is 16.5. The van der Waals surface area contributed by atoms with Gasteiger partial charge in [0.05, 0.1) is 13.2 Å². The summed E-state index contributed by atoms with van der Waals surface area (Å²) in [5.74, 6) is -0.525. The first kappa shape index (κ1) is 22.9. The molecule has 3 amide bonds. The van der Waals surface area contributed by atoms with E-state index in [1.165, 1.54) is 14.0 Å². The Bertz CT molecular complexity index is 465. The summed E-state index contributed by atoms with van der Waals surface area (Å²) in [5.41, 5.74) is 0. The standard InChI is InChI=1S/C17H31N3O5/c1-10(2)7-13(9-21)19-15(22)12(5)18-16(23)14(8-11(3)4)20-17(24)25-6/h9-14H,7-8H2,1-6H3,(H,18,23)(H,19,22)(H,20,24)/t12?,13-,14?/m0/s1. The first-order valence-corrected chi connectivity index (χ1v) is 8.51. The van der Waals surface area contributed by atoms with Crippen LogP contribution < -0.4 is 16.0 Å². The van der Waals surface area contributed by atoms with Gasteiger partial charge in [0, 0.05) is 0 Å². The number of nitrogens with one attached hydrogen (secondary N) is 3. The van der Waals surface area contributed by atoms with Crippen LogP contribution in [0.4, 0.5) is 4.79 Å². The molecule has 0 aromatic carbocycles. The van der Waals surface area contributed by atoms with Crippen molar-refractivity contribution in [3.05, 3.63) is 0 Å². The summed E-state index contributed by atoms with van der Waals surface area (Å²) in [5, 5.41) is 7.62. The summed E-state index contributed by atoms with van der Waals surface area (Å²) in [4.78, 5) is 46.9. The summed E-state index contributed by atoms with van der Waals surface area (Å²) < 4.78 is 4.52. The Hall–Kier alpha value is -2.12. The van der Waals surface area contributed by atoms with Crippen molar-refractivity contribution in [3.63, 3.8) is 0 Å². The van der Waals surface area contributed by atoms with E-state index < -0.39 is 36.0 Å². The van der Waals surface area contributed by atoms with Crippen molar-refractivity contribution in [2.24, 2.45) is 11.8 Å². The second kappa shape index (κ2) is 11.4. The minimum absolute atomic E-state index is 0.155. The predicted octanol–water partition coefficient (Wildman–Crippen LogP) is 0.992. The van der Waals surface area contributed by atoms with Gasteiger partial charge in [-0.05, 0) is 31.6 Å². The van der Waals surface area contributed by atoms with E-state index in [1.54, 1.807) is 0 Å². The maximum Gasteiger partial charge on any atom is 0.407 e. The number of hydrogen-bond acceptors (Lipinski definition) is 5. The average Bonchev–Trinajstić information content (AvgIpc) is 2.52. The van der Waals surface area contributed by atoms with Gasteiger partial charge in [0.2, 0.25) is 11.8 Å². The van der Waals surface area contributed by atoms with Crippen LogP contribution in [-0.4, -0.2) is 49.4 Å². The zero-order valence-electron chi connectivity index (χ0n) is 15.9. The third-order valence-corrected chi connectivity index (χ3v) is 3.47. The van der Waals surface area contributed by atoms with Gasteiger partial charge in [-0.25, -0.2) is 4.79 Å². The summed E-state index contributed by atoms with van der Waals surface area (Å²) in [6, 6.07) is -2.23. The first-order chi connectivity index (χ1) is 11.6. The van der Waals surface area contributed by atoms with Gasteiger partial charge in [-0.3, -0.25) is 9.59 Å². The lowest BCUT2D eigenvalue weighted by atomic mass is 10.0. The Balaban J connectivity index is 4.77. The van der Waals surface area contributed by atoms with Gasteiger partial charge in [0.25, 0.3) is 0 Å². The van der Waals surface area contributed by atoms with Crippen molar-refractivity contribution in [3.8, 4) is 0 Å². The molecule has 144 valence electrons. The average molecular weight is 357 g/mol. The molecule has 0 radical (unpaired) electrons. The highest BCUT2D eigenvalue weighted by molar-refractivity contribution is 5.91. The molecule has 3 atom stereocenters. The van der Waals surface area contributed by atoms with E-state index in [0.717, 1.165) is 0 Å². The molecule has 0 aliphatic carbocycles. The lowest BCUT2D eigenvalue weighted by Gasteiger charge is -2.23. The number of hydrogen-bond donors (Lipinski definition) is 3. The van der Waals surface area contributed by atoms with Crippen LogP contribution in [0.2, 0.25) is 0 Å². The number of carbonyl (C=O) groups excluding carboxylic acids is 4. The van der Waals surface area contributed by atoms with Crippen LogP contribution in [-0.2, 0) is 19.1 Å². The zero-order valence-corrected chi connectivity index (χ0v) is 15.9. The molecule has 0 aromatic heterocycles. The van der Waals surface area contributed by atoms with Crippen LogP contribution in [0.25, 0.3) is 0 Å². The number of ether oxygens (including phenoxy) is 1. The molecule has 0 aliphatic rings.